The van der Waals surface area contributed by atoms with Crippen molar-refractivity contribution >= 4 is 28.3 Å². The summed E-state index contributed by atoms with van der Waals surface area (Å²) in [6.45, 7) is 1.84. The van der Waals surface area contributed by atoms with E-state index in [4.69, 9.17) is 10.5 Å². The number of fused-ring (bicyclic) bond motifs is 2. The van der Waals surface area contributed by atoms with Gasteiger partial charge in [0.2, 0.25) is 5.43 Å². The highest BCUT2D eigenvalue weighted by molar-refractivity contribution is 7.15. The van der Waals surface area contributed by atoms with E-state index in [9.17, 15) is 9.59 Å². The van der Waals surface area contributed by atoms with E-state index in [2.05, 4.69) is 4.98 Å². The van der Waals surface area contributed by atoms with E-state index in [0.717, 1.165) is 42.5 Å². The summed E-state index contributed by atoms with van der Waals surface area (Å²) in [6.07, 6.45) is 6.27. The van der Waals surface area contributed by atoms with Crippen LogP contribution in [0.5, 0.6) is 0 Å². The van der Waals surface area contributed by atoms with Crippen molar-refractivity contribution in [3.05, 3.63) is 50.4 Å². The summed E-state index contributed by atoms with van der Waals surface area (Å²) < 4.78 is 22.0. The summed E-state index contributed by atoms with van der Waals surface area (Å²) in [4.78, 5) is 31.7. The number of carbonyl (C=O) groups is 1. The molecule has 1 saturated carbocycles. The van der Waals surface area contributed by atoms with Crippen LogP contribution in [-0.4, -0.2) is 22.1 Å². The predicted molar refractivity (Wildman–Crippen MR) is 113 cm³/mol. The topological polar surface area (TPSA) is 87.2 Å². The van der Waals surface area contributed by atoms with E-state index in [1.807, 2.05) is 10.6 Å². The Labute approximate surface area is 176 Å². The molecule has 8 heteroatoms. The van der Waals surface area contributed by atoms with Crippen LogP contribution < -0.4 is 11.2 Å². The number of ether oxygens (including phenoxy) is 1. The van der Waals surface area contributed by atoms with E-state index < -0.39 is 17.2 Å². The van der Waals surface area contributed by atoms with Crippen LogP contribution in [0.25, 0.3) is 21.6 Å². The first-order valence-corrected chi connectivity index (χ1v) is 11.1. The van der Waals surface area contributed by atoms with Gasteiger partial charge in [-0.2, -0.15) is 0 Å². The third kappa shape index (κ3) is 3.15. The first kappa shape index (κ1) is 19.4. The molecule has 3 heterocycles. The maximum absolute atomic E-state index is 15.1. The van der Waals surface area contributed by atoms with Crippen molar-refractivity contribution in [3.8, 4) is 10.6 Å². The Morgan fingerprint density at radius 3 is 2.87 bits per heavy atom. The van der Waals surface area contributed by atoms with Gasteiger partial charge in [0.15, 0.2) is 5.82 Å². The molecular formula is C22H22FN3O3S. The largest absolute Gasteiger partial charge is 0.462 e. The van der Waals surface area contributed by atoms with Crippen LogP contribution in [0.2, 0.25) is 0 Å². The van der Waals surface area contributed by atoms with Gasteiger partial charge in [-0.1, -0.05) is 0 Å². The van der Waals surface area contributed by atoms with Crippen LogP contribution >= 0.6 is 11.3 Å². The summed E-state index contributed by atoms with van der Waals surface area (Å²) >= 11 is 1.52. The molecule has 1 unspecified atom stereocenters. The van der Waals surface area contributed by atoms with Gasteiger partial charge in [0.05, 0.1) is 16.9 Å². The Bertz CT molecular complexity index is 1230. The van der Waals surface area contributed by atoms with Gasteiger partial charge in [-0.05, 0) is 56.7 Å². The van der Waals surface area contributed by atoms with Crippen LogP contribution in [0.3, 0.4) is 0 Å². The highest BCUT2D eigenvalue weighted by Crippen LogP contribution is 2.41. The molecule has 0 radical (unpaired) electrons. The molecule has 1 atom stereocenters. The minimum atomic E-state index is -0.691. The molecule has 156 valence electrons. The van der Waals surface area contributed by atoms with Crippen LogP contribution in [0.15, 0.2) is 23.1 Å². The Balaban J connectivity index is 1.70. The molecular weight excluding hydrogens is 405 g/mol. The average Bonchev–Trinajstić information content (AvgIpc) is 3.47. The zero-order valence-electron chi connectivity index (χ0n) is 16.6. The molecule has 0 amide bonds. The fourth-order valence-corrected chi connectivity index (χ4v) is 5.38. The van der Waals surface area contributed by atoms with Crippen molar-refractivity contribution in [3.63, 3.8) is 0 Å². The van der Waals surface area contributed by atoms with Crippen molar-refractivity contribution in [2.45, 2.75) is 51.1 Å². The Hall–Kier alpha value is -2.58. The molecule has 2 aliphatic rings. The molecule has 0 saturated heterocycles. The summed E-state index contributed by atoms with van der Waals surface area (Å²) in [5.74, 6) is -1.27. The van der Waals surface area contributed by atoms with Crippen molar-refractivity contribution < 1.29 is 13.9 Å². The molecule has 0 bridgehead atoms. The van der Waals surface area contributed by atoms with Gasteiger partial charge in [0.25, 0.3) is 0 Å². The summed E-state index contributed by atoms with van der Waals surface area (Å²) in [5, 5.41) is 0.103. The number of hydrogen-bond acceptors (Lipinski definition) is 6. The van der Waals surface area contributed by atoms with Gasteiger partial charge in [-0.25, -0.2) is 14.2 Å². The number of thiophene rings is 1. The Morgan fingerprint density at radius 2 is 2.17 bits per heavy atom. The van der Waals surface area contributed by atoms with Crippen molar-refractivity contribution in [1.82, 2.24) is 9.55 Å². The van der Waals surface area contributed by atoms with Gasteiger partial charge in [-0.3, -0.25) is 4.79 Å². The number of carbonyl (C=O) groups excluding carboxylic acids is 1. The van der Waals surface area contributed by atoms with Gasteiger partial charge < -0.3 is 15.0 Å². The highest BCUT2D eigenvalue weighted by Gasteiger charge is 2.29. The molecule has 3 aromatic heterocycles. The van der Waals surface area contributed by atoms with Gasteiger partial charge >= 0.3 is 5.97 Å². The minimum Gasteiger partial charge on any atom is -0.462 e. The fraction of sp³-hybridized carbons (Fsp3) is 0.409. The number of nitrogens with zero attached hydrogens (tertiary/aromatic N) is 2. The normalized spacial score (nSPS) is 18.4. The Morgan fingerprint density at radius 1 is 1.37 bits per heavy atom. The first-order chi connectivity index (χ1) is 14.5. The molecule has 30 heavy (non-hydrogen) atoms. The number of aromatic nitrogens is 2. The van der Waals surface area contributed by atoms with E-state index in [-0.39, 0.29) is 35.3 Å². The quantitative estimate of drug-likeness (QED) is 0.633. The van der Waals surface area contributed by atoms with Gasteiger partial charge in [-0.15, -0.1) is 11.3 Å². The van der Waals surface area contributed by atoms with E-state index >= 15 is 4.39 Å². The molecule has 5 rings (SSSR count). The second kappa shape index (κ2) is 7.28. The molecule has 2 N–H and O–H groups in total. The van der Waals surface area contributed by atoms with Gasteiger partial charge in [0, 0.05) is 23.2 Å². The van der Waals surface area contributed by atoms with Crippen molar-refractivity contribution in [1.29, 1.82) is 0 Å². The standard InChI is InChI=1S/C22H22FN3O3S/c1-2-29-22(28)14-10-26(11-6-7-11)21-13(20(14)27)8-15(23)19(25-21)18-9-12-16(24)4-3-5-17(12)30-18/h8-11,16H,2-7,24H2,1H3. The van der Waals surface area contributed by atoms with Crippen molar-refractivity contribution in [2.24, 2.45) is 5.73 Å². The van der Waals surface area contributed by atoms with Crippen LogP contribution in [0.1, 0.15) is 65.5 Å². The third-order valence-corrected chi connectivity index (χ3v) is 7.00. The van der Waals surface area contributed by atoms with Crippen LogP contribution in [-0.2, 0) is 11.2 Å². The molecule has 6 nitrogen and oxygen atoms in total. The number of aryl methyl sites for hydroxylation is 1. The lowest BCUT2D eigenvalue weighted by molar-refractivity contribution is 0.0524. The number of esters is 1. The summed E-state index contributed by atoms with van der Waals surface area (Å²) in [6, 6.07) is 3.27. The Kier molecular flexibility index (Phi) is 4.71. The maximum atomic E-state index is 15.1. The zero-order valence-corrected chi connectivity index (χ0v) is 17.4. The fourth-order valence-electron chi connectivity index (χ4n) is 4.11. The summed E-state index contributed by atoms with van der Waals surface area (Å²) in [5.41, 5.74) is 7.30. The van der Waals surface area contributed by atoms with Gasteiger partial charge in [0.1, 0.15) is 16.9 Å². The number of halogens is 1. The molecule has 0 aromatic carbocycles. The van der Waals surface area contributed by atoms with E-state index in [1.54, 1.807) is 6.92 Å². The minimum absolute atomic E-state index is 0.0287. The lowest BCUT2D eigenvalue weighted by atomic mass is 9.94. The lowest BCUT2D eigenvalue weighted by Gasteiger charge is -2.17. The lowest BCUT2D eigenvalue weighted by Crippen LogP contribution is -2.21. The SMILES string of the molecule is CCOC(=O)c1cn(C2CC2)c2nc(-c3cc4c(s3)CCCC4N)c(F)cc2c1=O. The number of pyridine rings is 2. The first-order valence-electron chi connectivity index (χ1n) is 10.3. The third-order valence-electron chi connectivity index (χ3n) is 5.79. The molecule has 1 fully saturated rings. The number of hydrogen-bond donors (Lipinski definition) is 1. The smallest absolute Gasteiger partial charge is 0.343 e. The van der Waals surface area contributed by atoms with E-state index in [0.29, 0.717) is 5.65 Å². The van der Waals surface area contributed by atoms with Crippen LogP contribution in [0, 0.1) is 5.82 Å². The number of rotatable bonds is 4. The molecule has 0 aliphatic heterocycles. The zero-order chi connectivity index (χ0) is 21.0. The van der Waals surface area contributed by atoms with Crippen molar-refractivity contribution in [2.75, 3.05) is 6.61 Å². The predicted octanol–water partition coefficient (Wildman–Crippen LogP) is 4.11. The monoisotopic (exact) mass is 427 g/mol. The molecule has 0 spiro atoms. The molecule has 2 aliphatic carbocycles. The highest BCUT2D eigenvalue weighted by atomic mass is 32.1. The van der Waals surface area contributed by atoms with Crippen LogP contribution in [0.4, 0.5) is 4.39 Å². The molecule has 3 aromatic rings. The van der Waals surface area contributed by atoms with E-state index in [1.165, 1.54) is 28.5 Å². The second-order valence-electron chi connectivity index (χ2n) is 7.91. The summed E-state index contributed by atoms with van der Waals surface area (Å²) in [7, 11) is 0. The average molecular weight is 428 g/mol. The second-order valence-corrected chi connectivity index (χ2v) is 9.05. The number of nitrogens with two attached hydrogens (primary N) is 1. The maximum Gasteiger partial charge on any atom is 0.343 e.